The Balaban J connectivity index is 2.29. The number of carboxylic acids is 1. The van der Waals surface area contributed by atoms with E-state index in [1.807, 2.05) is 31.2 Å². The lowest BCUT2D eigenvalue weighted by molar-refractivity contribution is -0.132. The van der Waals surface area contributed by atoms with E-state index in [1.54, 1.807) is 0 Å². The average molecular weight is 220 g/mol. The summed E-state index contributed by atoms with van der Waals surface area (Å²) in [7, 11) is 0. The van der Waals surface area contributed by atoms with Crippen LogP contribution in [0.25, 0.3) is 0 Å². The predicted octanol–water partition coefficient (Wildman–Crippen LogP) is 2.79. The van der Waals surface area contributed by atoms with E-state index in [1.165, 1.54) is 0 Å². The Labute approximate surface area is 95.4 Å². The molecule has 0 aromatic heterocycles. The van der Waals surface area contributed by atoms with Gasteiger partial charge in [-0.25, -0.2) is 4.79 Å². The molecule has 0 fully saturated rings. The van der Waals surface area contributed by atoms with E-state index in [9.17, 15) is 4.79 Å². The molecule has 86 valence electrons. The maximum absolute atomic E-state index is 10.5. The molecule has 1 N–H and O–H groups in total. The minimum Gasteiger partial charge on any atom is -0.493 e. The Kier molecular flexibility index (Phi) is 4.58. The molecular weight excluding hydrogens is 204 g/mol. The van der Waals surface area contributed by atoms with Crippen LogP contribution in [0.4, 0.5) is 0 Å². The van der Waals surface area contributed by atoms with Crippen molar-refractivity contribution in [3.63, 3.8) is 0 Å². The van der Waals surface area contributed by atoms with Gasteiger partial charge in [0.05, 0.1) is 6.61 Å². The summed E-state index contributed by atoms with van der Waals surface area (Å²) in [6.45, 7) is 5.95. The van der Waals surface area contributed by atoms with Gasteiger partial charge in [-0.05, 0) is 31.4 Å². The van der Waals surface area contributed by atoms with Gasteiger partial charge in [-0.15, -0.1) is 0 Å². The molecule has 0 saturated heterocycles. The summed E-state index contributed by atoms with van der Waals surface area (Å²) in [5, 5.41) is 8.60. The van der Waals surface area contributed by atoms with Gasteiger partial charge in [-0.3, -0.25) is 0 Å². The van der Waals surface area contributed by atoms with Crippen molar-refractivity contribution in [3.05, 3.63) is 42.0 Å². The van der Waals surface area contributed by atoms with Crippen molar-refractivity contribution >= 4 is 5.97 Å². The minimum absolute atomic E-state index is 0.230. The number of aliphatic carboxylic acids is 1. The molecule has 1 aromatic carbocycles. The lowest BCUT2D eigenvalue weighted by Crippen LogP contribution is -2.03. The fraction of sp³-hybridized carbons (Fsp3) is 0.308. The quantitative estimate of drug-likeness (QED) is 0.592. The third-order valence-electron chi connectivity index (χ3n) is 2.28. The SMILES string of the molecule is C=C(CCCOc1ccccc1C)C(=O)O. The summed E-state index contributed by atoms with van der Waals surface area (Å²) in [5.41, 5.74) is 1.31. The zero-order valence-electron chi connectivity index (χ0n) is 9.40. The molecule has 0 heterocycles. The minimum atomic E-state index is -0.934. The topological polar surface area (TPSA) is 46.5 Å². The molecule has 0 saturated carbocycles. The number of aryl methyl sites for hydroxylation is 1. The number of carboxylic acid groups (broad SMARTS) is 1. The molecule has 0 unspecified atom stereocenters. The highest BCUT2D eigenvalue weighted by atomic mass is 16.5. The second kappa shape index (κ2) is 5.95. The number of para-hydroxylation sites is 1. The molecule has 0 spiro atoms. The Hall–Kier alpha value is -1.77. The molecule has 0 aliphatic carbocycles. The summed E-state index contributed by atoms with van der Waals surface area (Å²) >= 11 is 0. The Morgan fingerprint density at radius 3 is 2.75 bits per heavy atom. The van der Waals surface area contributed by atoms with Gasteiger partial charge in [0, 0.05) is 5.57 Å². The summed E-state index contributed by atoms with van der Waals surface area (Å²) in [4.78, 5) is 10.5. The monoisotopic (exact) mass is 220 g/mol. The number of rotatable bonds is 6. The van der Waals surface area contributed by atoms with Crippen LogP contribution >= 0.6 is 0 Å². The maximum atomic E-state index is 10.5. The maximum Gasteiger partial charge on any atom is 0.330 e. The summed E-state index contributed by atoms with van der Waals surface area (Å²) < 4.78 is 5.53. The van der Waals surface area contributed by atoms with Gasteiger partial charge in [0.25, 0.3) is 0 Å². The van der Waals surface area contributed by atoms with E-state index in [-0.39, 0.29) is 5.57 Å². The molecule has 0 aliphatic rings. The number of benzene rings is 1. The second-order valence-corrected chi connectivity index (χ2v) is 3.63. The van der Waals surface area contributed by atoms with Gasteiger partial charge in [0.1, 0.15) is 5.75 Å². The molecule has 0 amide bonds. The summed E-state index contributed by atoms with van der Waals surface area (Å²) in [5.74, 6) is -0.0840. The number of carbonyl (C=O) groups is 1. The average Bonchev–Trinajstić information content (AvgIpc) is 2.26. The molecule has 3 heteroatoms. The molecule has 0 radical (unpaired) electrons. The predicted molar refractivity (Wildman–Crippen MR) is 62.7 cm³/mol. The first-order valence-electron chi connectivity index (χ1n) is 5.20. The molecule has 0 aliphatic heterocycles. The molecule has 16 heavy (non-hydrogen) atoms. The van der Waals surface area contributed by atoms with Crippen molar-refractivity contribution in [2.75, 3.05) is 6.61 Å². The van der Waals surface area contributed by atoms with E-state index in [4.69, 9.17) is 9.84 Å². The van der Waals surface area contributed by atoms with E-state index in [0.717, 1.165) is 11.3 Å². The molecule has 1 aromatic rings. The first-order valence-corrected chi connectivity index (χ1v) is 5.20. The molecule has 3 nitrogen and oxygen atoms in total. The van der Waals surface area contributed by atoms with Crippen molar-refractivity contribution in [1.29, 1.82) is 0 Å². The van der Waals surface area contributed by atoms with Crippen molar-refractivity contribution in [3.8, 4) is 5.75 Å². The standard InChI is InChI=1S/C13H16O3/c1-10-6-3-4-8-12(10)16-9-5-7-11(2)13(14)15/h3-4,6,8H,2,5,7,9H2,1H3,(H,14,15). The van der Waals surface area contributed by atoms with Gasteiger partial charge >= 0.3 is 5.97 Å². The van der Waals surface area contributed by atoms with E-state index >= 15 is 0 Å². The van der Waals surface area contributed by atoms with Crippen LogP contribution in [0.5, 0.6) is 5.75 Å². The van der Waals surface area contributed by atoms with Crippen LogP contribution in [0, 0.1) is 6.92 Å². The van der Waals surface area contributed by atoms with Crippen LogP contribution in [-0.4, -0.2) is 17.7 Å². The van der Waals surface area contributed by atoms with Gasteiger partial charge in [-0.2, -0.15) is 0 Å². The number of ether oxygens (including phenoxy) is 1. The van der Waals surface area contributed by atoms with Gasteiger partial charge < -0.3 is 9.84 Å². The van der Waals surface area contributed by atoms with Crippen molar-refractivity contribution in [2.45, 2.75) is 19.8 Å². The fourth-order valence-corrected chi connectivity index (χ4v) is 1.29. The third-order valence-corrected chi connectivity index (χ3v) is 2.28. The Morgan fingerprint density at radius 2 is 2.12 bits per heavy atom. The van der Waals surface area contributed by atoms with E-state index < -0.39 is 5.97 Å². The summed E-state index contributed by atoms with van der Waals surface area (Å²) in [6, 6.07) is 7.75. The molecule has 0 bridgehead atoms. The number of hydrogen-bond acceptors (Lipinski definition) is 2. The van der Waals surface area contributed by atoms with E-state index in [0.29, 0.717) is 19.4 Å². The van der Waals surface area contributed by atoms with Crippen LogP contribution < -0.4 is 4.74 Å². The highest BCUT2D eigenvalue weighted by molar-refractivity contribution is 5.85. The zero-order chi connectivity index (χ0) is 12.0. The highest BCUT2D eigenvalue weighted by Crippen LogP contribution is 2.16. The highest BCUT2D eigenvalue weighted by Gasteiger charge is 2.03. The van der Waals surface area contributed by atoms with Crippen molar-refractivity contribution in [1.82, 2.24) is 0 Å². The Bertz CT molecular complexity index is 383. The fourth-order valence-electron chi connectivity index (χ4n) is 1.29. The Morgan fingerprint density at radius 1 is 1.44 bits per heavy atom. The van der Waals surface area contributed by atoms with Gasteiger partial charge in [0.2, 0.25) is 0 Å². The molecule has 0 atom stereocenters. The number of hydrogen-bond donors (Lipinski definition) is 1. The lowest BCUT2D eigenvalue weighted by atomic mass is 10.2. The second-order valence-electron chi connectivity index (χ2n) is 3.63. The van der Waals surface area contributed by atoms with Crippen LogP contribution in [-0.2, 0) is 4.79 Å². The molecular formula is C13H16O3. The zero-order valence-corrected chi connectivity index (χ0v) is 9.40. The first-order chi connectivity index (χ1) is 7.61. The molecule has 1 rings (SSSR count). The van der Waals surface area contributed by atoms with Crippen LogP contribution in [0.15, 0.2) is 36.4 Å². The van der Waals surface area contributed by atoms with Gasteiger partial charge in [-0.1, -0.05) is 24.8 Å². The van der Waals surface area contributed by atoms with Crippen LogP contribution in [0.3, 0.4) is 0 Å². The third kappa shape index (κ3) is 3.77. The van der Waals surface area contributed by atoms with E-state index in [2.05, 4.69) is 6.58 Å². The van der Waals surface area contributed by atoms with Crippen molar-refractivity contribution < 1.29 is 14.6 Å². The smallest absolute Gasteiger partial charge is 0.330 e. The first kappa shape index (κ1) is 12.3. The summed E-state index contributed by atoms with van der Waals surface area (Å²) in [6.07, 6.45) is 1.13. The van der Waals surface area contributed by atoms with Crippen LogP contribution in [0.1, 0.15) is 18.4 Å². The van der Waals surface area contributed by atoms with Gasteiger partial charge in [0.15, 0.2) is 0 Å². The lowest BCUT2D eigenvalue weighted by Gasteiger charge is -2.08. The largest absolute Gasteiger partial charge is 0.493 e. The normalized spacial score (nSPS) is 9.81. The van der Waals surface area contributed by atoms with Crippen molar-refractivity contribution in [2.24, 2.45) is 0 Å². The van der Waals surface area contributed by atoms with Crippen LogP contribution in [0.2, 0.25) is 0 Å².